The summed E-state index contributed by atoms with van der Waals surface area (Å²) in [6, 6.07) is 12.2. The van der Waals surface area contributed by atoms with Gasteiger partial charge >= 0.3 is 0 Å². The van der Waals surface area contributed by atoms with Crippen molar-refractivity contribution in [3.63, 3.8) is 0 Å². The first kappa shape index (κ1) is 22.3. The summed E-state index contributed by atoms with van der Waals surface area (Å²) < 4.78 is 19.4. The Balaban J connectivity index is 1.55. The lowest BCUT2D eigenvalue weighted by molar-refractivity contribution is -0.137. The van der Waals surface area contributed by atoms with Gasteiger partial charge in [-0.25, -0.2) is 4.39 Å². The molecular weight excluding hydrogens is 407 g/mol. The van der Waals surface area contributed by atoms with E-state index >= 15 is 0 Å². The molecule has 2 aliphatic heterocycles. The highest BCUT2D eigenvalue weighted by Gasteiger charge is 2.44. The molecule has 32 heavy (non-hydrogen) atoms. The number of likely N-dealkylation sites (tertiary alicyclic amines) is 1. The molecule has 2 aliphatic rings. The Bertz CT molecular complexity index is 955. The van der Waals surface area contributed by atoms with E-state index in [0.717, 1.165) is 41.7 Å². The zero-order valence-corrected chi connectivity index (χ0v) is 18.8. The highest BCUT2D eigenvalue weighted by atomic mass is 19.1. The topological polar surface area (TPSA) is 58.6 Å². The standard InChI is InChI=1S/C26H31FN2O3/c1-17-6-5-7-18(2)26(17)32-16-25(31)29-21(14-19-10-12-20(27)13-11-19)15-22-23(29)8-3-4-9-24(30)28-22/h5-7,10-13,21-23H,3-4,8-9,14-16H2,1-2H3,(H,28,30)/t21-,22+,23-/m1/s1. The fourth-order valence-electron chi connectivity index (χ4n) is 5.14. The van der Waals surface area contributed by atoms with Crippen molar-refractivity contribution in [2.75, 3.05) is 6.61 Å². The second kappa shape index (κ2) is 9.72. The van der Waals surface area contributed by atoms with E-state index in [1.54, 1.807) is 12.1 Å². The predicted molar refractivity (Wildman–Crippen MR) is 121 cm³/mol. The van der Waals surface area contributed by atoms with Crippen LogP contribution in [-0.2, 0) is 16.0 Å². The molecule has 3 atom stereocenters. The Kier molecular flexibility index (Phi) is 6.77. The van der Waals surface area contributed by atoms with Crippen molar-refractivity contribution in [3.8, 4) is 5.75 Å². The van der Waals surface area contributed by atoms with Crippen molar-refractivity contribution in [2.24, 2.45) is 0 Å². The highest BCUT2D eigenvalue weighted by molar-refractivity contribution is 5.80. The van der Waals surface area contributed by atoms with Crippen LogP contribution in [0.4, 0.5) is 4.39 Å². The lowest BCUT2D eigenvalue weighted by Gasteiger charge is -2.33. The minimum absolute atomic E-state index is 0.0389. The monoisotopic (exact) mass is 438 g/mol. The maximum Gasteiger partial charge on any atom is 0.261 e. The lowest BCUT2D eigenvalue weighted by Crippen LogP contribution is -2.50. The SMILES string of the molecule is Cc1cccc(C)c1OCC(=O)N1[C@H](Cc2ccc(F)cc2)C[C@@H]2NC(=O)CCCC[C@H]21. The first-order chi connectivity index (χ1) is 15.4. The average molecular weight is 439 g/mol. The second-order valence-electron chi connectivity index (χ2n) is 9.02. The third kappa shape index (κ3) is 4.95. The highest BCUT2D eigenvalue weighted by Crippen LogP contribution is 2.32. The van der Waals surface area contributed by atoms with Crippen molar-refractivity contribution >= 4 is 11.8 Å². The Hall–Kier alpha value is -2.89. The minimum atomic E-state index is -0.274. The van der Waals surface area contributed by atoms with Gasteiger partial charge in [-0.2, -0.15) is 0 Å². The normalized spacial score (nSPS) is 23.2. The van der Waals surface area contributed by atoms with E-state index in [4.69, 9.17) is 4.74 Å². The summed E-state index contributed by atoms with van der Waals surface area (Å²) in [5.41, 5.74) is 2.97. The Morgan fingerprint density at radius 1 is 1.12 bits per heavy atom. The molecule has 0 aromatic heterocycles. The number of halogens is 1. The van der Waals surface area contributed by atoms with Gasteiger partial charge in [-0.1, -0.05) is 36.8 Å². The molecule has 6 heteroatoms. The quantitative estimate of drug-likeness (QED) is 0.765. The molecule has 2 heterocycles. The third-order valence-corrected chi connectivity index (χ3v) is 6.66. The second-order valence-corrected chi connectivity index (χ2v) is 9.02. The molecule has 170 valence electrons. The summed E-state index contributed by atoms with van der Waals surface area (Å²) in [5.74, 6) is 0.463. The van der Waals surface area contributed by atoms with Crippen molar-refractivity contribution in [3.05, 3.63) is 65.0 Å². The Morgan fingerprint density at radius 2 is 1.84 bits per heavy atom. The molecule has 0 unspecified atom stereocenters. The number of hydrogen-bond donors (Lipinski definition) is 1. The molecule has 2 aromatic rings. The molecule has 0 bridgehead atoms. The zero-order valence-electron chi connectivity index (χ0n) is 18.8. The number of nitrogens with zero attached hydrogens (tertiary/aromatic N) is 1. The maximum absolute atomic E-state index is 13.5. The number of carbonyl (C=O) groups excluding carboxylic acids is 2. The number of fused-ring (bicyclic) bond motifs is 1. The van der Waals surface area contributed by atoms with Crippen molar-refractivity contribution < 1.29 is 18.7 Å². The van der Waals surface area contributed by atoms with Crippen LogP contribution >= 0.6 is 0 Å². The van der Waals surface area contributed by atoms with Gasteiger partial charge in [0.15, 0.2) is 6.61 Å². The summed E-state index contributed by atoms with van der Waals surface area (Å²) >= 11 is 0. The van der Waals surface area contributed by atoms with Gasteiger partial charge in [-0.3, -0.25) is 9.59 Å². The molecule has 2 amide bonds. The fourth-order valence-corrected chi connectivity index (χ4v) is 5.14. The molecule has 0 radical (unpaired) electrons. The van der Waals surface area contributed by atoms with Gasteiger partial charge in [0.1, 0.15) is 11.6 Å². The van der Waals surface area contributed by atoms with Gasteiger partial charge < -0.3 is 15.0 Å². The summed E-state index contributed by atoms with van der Waals surface area (Å²) in [6.07, 6.45) is 4.47. The number of nitrogens with one attached hydrogen (secondary N) is 1. The van der Waals surface area contributed by atoms with Crippen molar-refractivity contribution in [1.29, 1.82) is 0 Å². The van der Waals surface area contributed by atoms with E-state index in [-0.39, 0.29) is 42.4 Å². The minimum Gasteiger partial charge on any atom is -0.483 e. The first-order valence-electron chi connectivity index (χ1n) is 11.5. The molecule has 5 nitrogen and oxygen atoms in total. The zero-order chi connectivity index (χ0) is 22.7. The average Bonchev–Trinajstić information content (AvgIpc) is 3.06. The van der Waals surface area contributed by atoms with E-state index in [1.807, 2.05) is 36.9 Å². The van der Waals surface area contributed by atoms with E-state index in [2.05, 4.69) is 5.32 Å². The molecular formula is C26H31FN2O3. The number of hydrogen-bond acceptors (Lipinski definition) is 3. The van der Waals surface area contributed by atoms with Crippen LogP contribution in [-0.4, -0.2) is 41.4 Å². The number of amides is 2. The Labute approximate surface area is 188 Å². The third-order valence-electron chi connectivity index (χ3n) is 6.66. The molecule has 2 aromatic carbocycles. The van der Waals surface area contributed by atoms with E-state index in [0.29, 0.717) is 19.3 Å². The number of rotatable bonds is 5. The largest absolute Gasteiger partial charge is 0.483 e. The van der Waals surface area contributed by atoms with E-state index in [1.165, 1.54) is 12.1 Å². The molecule has 2 fully saturated rings. The smallest absolute Gasteiger partial charge is 0.261 e. The van der Waals surface area contributed by atoms with Gasteiger partial charge in [0.2, 0.25) is 5.91 Å². The number of para-hydroxylation sites is 1. The van der Waals surface area contributed by atoms with Gasteiger partial charge in [-0.15, -0.1) is 0 Å². The van der Waals surface area contributed by atoms with Crippen LogP contribution in [0.1, 0.15) is 48.8 Å². The molecule has 0 aliphatic carbocycles. The Morgan fingerprint density at radius 3 is 2.56 bits per heavy atom. The van der Waals surface area contributed by atoms with Gasteiger partial charge in [0, 0.05) is 12.5 Å². The van der Waals surface area contributed by atoms with Gasteiger partial charge in [0.05, 0.1) is 12.1 Å². The number of benzene rings is 2. The predicted octanol–water partition coefficient (Wildman–Crippen LogP) is 4.09. The van der Waals surface area contributed by atoms with Crippen molar-refractivity contribution in [2.45, 2.75) is 70.5 Å². The van der Waals surface area contributed by atoms with Crippen LogP contribution in [0, 0.1) is 19.7 Å². The van der Waals surface area contributed by atoms with Crippen LogP contribution in [0.2, 0.25) is 0 Å². The van der Waals surface area contributed by atoms with Crippen LogP contribution in [0.5, 0.6) is 5.75 Å². The fraction of sp³-hybridized carbons (Fsp3) is 0.462. The van der Waals surface area contributed by atoms with Crippen molar-refractivity contribution in [1.82, 2.24) is 10.2 Å². The van der Waals surface area contributed by atoms with Gasteiger partial charge in [-0.05, 0) is 68.4 Å². The molecule has 0 spiro atoms. The molecule has 0 saturated carbocycles. The lowest BCUT2D eigenvalue weighted by atomic mass is 9.97. The number of carbonyl (C=O) groups is 2. The van der Waals surface area contributed by atoms with Crippen LogP contribution in [0.15, 0.2) is 42.5 Å². The van der Waals surface area contributed by atoms with Crippen LogP contribution < -0.4 is 10.1 Å². The number of aryl methyl sites for hydroxylation is 2. The van der Waals surface area contributed by atoms with E-state index < -0.39 is 0 Å². The summed E-state index contributed by atoms with van der Waals surface area (Å²) in [5, 5.41) is 3.15. The number of ether oxygens (including phenoxy) is 1. The van der Waals surface area contributed by atoms with Crippen LogP contribution in [0.3, 0.4) is 0 Å². The van der Waals surface area contributed by atoms with Gasteiger partial charge in [0.25, 0.3) is 5.91 Å². The summed E-state index contributed by atoms with van der Waals surface area (Å²) in [6.45, 7) is 3.91. The molecule has 2 saturated heterocycles. The first-order valence-corrected chi connectivity index (χ1v) is 11.5. The summed E-state index contributed by atoms with van der Waals surface area (Å²) in [7, 11) is 0. The maximum atomic E-state index is 13.5. The van der Waals surface area contributed by atoms with E-state index in [9.17, 15) is 14.0 Å². The molecule has 4 rings (SSSR count). The molecule has 1 N–H and O–H groups in total. The summed E-state index contributed by atoms with van der Waals surface area (Å²) in [4.78, 5) is 27.7. The van der Waals surface area contributed by atoms with Crippen LogP contribution in [0.25, 0.3) is 0 Å².